The van der Waals surface area contributed by atoms with Crippen LogP contribution in [0.3, 0.4) is 0 Å². The van der Waals surface area contributed by atoms with Gasteiger partial charge in [-0.1, -0.05) is 71.2 Å². The molecule has 0 unspecified atom stereocenters. The number of carbonyl (C=O) groups excluding carboxylic acids is 2. The predicted molar refractivity (Wildman–Crippen MR) is 167 cm³/mol. The van der Waals surface area contributed by atoms with Crippen LogP contribution in [0.25, 0.3) is 0 Å². The third kappa shape index (κ3) is 9.76. The van der Waals surface area contributed by atoms with Crippen molar-refractivity contribution in [1.29, 1.82) is 0 Å². The molecule has 1 N–H and O–H groups in total. The smallest absolute Gasteiger partial charge is 0.350 e. The van der Waals surface area contributed by atoms with Crippen molar-refractivity contribution < 1.29 is 31.2 Å². The van der Waals surface area contributed by atoms with Gasteiger partial charge >= 0.3 is 6.18 Å². The fraction of sp³-hybridized carbons (Fsp3) is 0.333. The lowest BCUT2D eigenvalue weighted by molar-refractivity contribution is -0.140. The number of anilines is 1. The van der Waals surface area contributed by atoms with Crippen LogP contribution in [-0.4, -0.2) is 49.5 Å². The number of alkyl halides is 3. The maximum absolute atomic E-state index is 14.1. The molecule has 44 heavy (non-hydrogen) atoms. The van der Waals surface area contributed by atoms with Gasteiger partial charge in [-0.3, -0.25) is 13.9 Å². The van der Waals surface area contributed by atoms with Crippen molar-refractivity contribution in [3.8, 4) is 0 Å². The first-order valence-electron chi connectivity index (χ1n) is 13.2. The van der Waals surface area contributed by atoms with Crippen molar-refractivity contribution >= 4 is 62.3 Å². The number of benzene rings is 3. The number of halogens is 6. The van der Waals surface area contributed by atoms with E-state index in [4.69, 9.17) is 34.8 Å². The maximum Gasteiger partial charge on any atom is 0.417 e. The van der Waals surface area contributed by atoms with Gasteiger partial charge in [-0.05, 0) is 62.2 Å². The lowest BCUT2D eigenvalue weighted by Gasteiger charge is -2.35. The lowest BCUT2D eigenvalue weighted by Crippen LogP contribution is -2.56. The third-order valence-corrected chi connectivity index (χ3v) is 8.54. The molecule has 2 amide bonds. The van der Waals surface area contributed by atoms with Gasteiger partial charge in [0.1, 0.15) is 12.6 Å². The fourth-order valence-corrected chi connectivity index (χ4v) is 5.73. The highest BCUT2D eigenvalue weighted by molar-refractivity contribution is 7.92. The van der Waals surface area contributed by atoms with Crippen molar-refractivity contribution in [2.75, 3.05) is 17.1 Å². The molecular formula is C30H31Cl3F3N3O4S. The number of hydrogen-bond acceptors (Lipinski definition) is 4. The molecule has 0 saturated heterocycles. The lowest BCUT2D eigenvalue weighted by atomic mass is 10.0. The van der Waals surface area contributed by atoms with Gasteiger partial charge in [-0.15, -0.1) is 0 Å². The molecule has 1 atom stereocenters. The van der Waals surface area contributed by atoms with E-state index in [1.54, 1.807) is 57.2 Å². The van der Waals surface area contributed by atoms with E-state index < -0.39 is 62.4 Å². The Kier molecular flexibility index (Phi) is 11.3. The second-order valence-electron chi connectivity index (χ2n) is 11.1. The van der Waals surface area contributed by atoms with Crippen molar-refractivity contribution in [3.63, 3.8) is 0 Å². The van der Waals surface area contributed by atoms with E-state index in [1.165, 1.54) is 17.0 Å². The summed E-state index contributed by atoms with van der Waals surface area (Å²) in [7, 11) is -4.30. The molecule has 3 aromatic rings. The van der Waals surface area contributed by atoms with Gasteiger partial charge in [-0.2, -0.15) is 13.2 Å². The normalized spacial score (nSPS) is 12.9. The molecule has 14 heteroatoms. The summed E-state index contributed by atoms with van der Waals surface area (Å²) in [6.07, 6.45) is -4.07. The summed E-state index contributed by atoms with van der Waals surface area (Å²) in [6.45, 7) is 4.18. The zero-order valence-corrected chi connectivity index (χ0v) is 27.3. The van der Waals surface area contributed by atoms with Gasteiger partial charge in [0.25, 0.3) is 0 Å². The van der Waals surface area contributed by atoms with E-state index in [0.29, 0.717) is 21.5 Å². The van der Waals surface area contributed by atoms with E-state index >= 15 is 0 Å². The Hall–Kier alpha value is -2.99. The molecule has 7 nitrogen and oxygen atoms in total. The van der Waals surface area contributed by atoms with Gasteiger partial charge in [0.05, 0.1) is 32.6 Å². The molecule has 0 spiro atoms. The summed E-state index contributed by atoms with van der Waals surface area (Å²) in [5.41, 5.74) is -1.20. The molecule has 0 aliphatic heterocycles. The van der Waals surface area contributed by atoms with E-state index in [-0.39, 0.29) is 23.0 Å². The molecule has 0 saturated carbocycles. The van der Waals surface area contributed by atoms with Crippen LogP contribution < -0.4 is 9.62 Å². The summed E-state index contributed by atoms with van der Waals surface area (Å²) >= 11 is 18.0. The highest BCUT2D eigenvalue weighted by Crippen LogP contribution is 2.37. The first kappa shape index (κ1) is 35.5. The maximum atomic E-state index is 14.1. The summed E-state index contributed by atoms with van der Waals surface area (Å²) in [5, 5.41) is 2.68. The van der Waals surface area contributed by atoms with Crippen LogP contribution in [-0.2, 0) is 38.8 Å². The number of rotatable bonds is 10. The van der Waals surface area contributed by atoms with Gasteiger partial charge in [0.15, 0.2) is 0 Å². The summed E-state index contributed by atoms with van der Waals surface area (Å²) in [4.78, 5) is 29.0. The number of sulfonamides is 1. The Morgan fingerprint density at radius 1 is 0.864 bits per heavy atom. The Bertz CT molecular complexity index is 1620. The molecule has 3 aromatic carbocycles. The number of carbonyl (C=O) groups is 2. The number of hydrogen-bond donors (Lipinski definition) is 1. The minimum Gasteiger partial charge on any atom is -0.350 e. The standard InChI is InChI=1S/C30H31Cl3F3N3O4S/c1-29(2,3)37-28(41)26(15-19-8-6-5-7-9-19)38(17-20-10-12-24(32)25(33)14-20)27(40)18-39(44(4,42)43)21-11-13-23(31)22(16-21)30(34,35)36/h5-14,16,26H,15,17-18H2,1-4H3,(H,37,41)/t26-/m0/s1. The molecule has 0 heterocycles. The Morgan fingerprint density at radius 3 is 2.02 bits per heavy atom. The van der Waals surface area contributed by atoms with Crippen LogP contribution in [0.1, 0.15) is 37.5 Å². The van der Waals surface area contributed by atoms with E-state index in [1.807, 2.05) is 0 Å². The molecule has 0 radical (unpaired) electrons. The zero-order chi connectivity index (χ0) is 33.0. The minimum atomic E-state index is -4.88. The second-order valence-corrected chi connectivity index (χ2v) is 14.3. The largest absolute Gasteiger partial charge is 0.417 e. The van der Waals surface area contributed by atoms with Crippen LogP contribution in [0.5, 0.6) is 0 Å². The monoisotopic (exact) mass is 691 g/mol. The molecule has 0 bridgehead atoms. The van der Waals surface area contributed by atoms with Crippen molar-refractivity contribution in [1.82, 2.24) is 10.2 Å². The van der Waals surface area contributed by atoms with Gasteiger partial charge in [-0.25, -0.2) is 8.42 Å². The van der Waals surface area contributed by atoms with E-state index in [9.17, 15) is 31.2 Å². The number of nitrogens with zero attached hydrogens (tertiary/aromatic N) is 2. The zero-order valence-electron chi connectivity index (χ0n) is 24.3. The van der Waals surface area contributed by atoms with Crippen molar-refractivity contribution in [2.24, 2.45) is 0 Å². The third-order valence-electron chi connectivity index (χ3n) is 6.33. The first-order valence-corrected chi connectivity index (χ1v) is 16.2. The van der Waals surface area contributed by atoms with E-state index in [0.717, 1.165) is 18.4 Å². The molecule has 3 rings (SSSR count). The summed E-state index contributed by atoms with van der Waals surface area (Å²) < 4.78 is 67.2. The van der Waals surface area contributed by atoms with E-state index in [2.05, 4.69) is 5.32 Å². The second kappa shape index (κ2) is 14.0. The summed E-state index contributed by atoms with van der Waals surface area (Å²) in [5.74, 6) is -1.37. The summed E-state index contributed by atoms with van der Waals surface area (Å²) in [6, 6.07) is 14.9. The first-order chi connectivity index (χ1) is 20.3. The Balaban J connectivity index is 2.14. The molecule has 0 aliphatic rings. The average Bonchev–Trinajstić information content (AvgIpc) is 2.90. The van der Waals surface area contributed by atoms with Crippen LogP contribution in [0.2, 0.25) is 15.1 Å². The van der Waals surface area contributed by atoms with Crippen LogP contribution in [0.4, 0.5) is 18.9 Å². The number of amides is 2. The topological polar surface area (TPSA) is 86.8 Å². The Labute approximate surface area is 269 Å². The van der Waals surface area contributed by atoms with Crippen LogP contribution in [0, 0.1) is 0 Å². The van der Waals surface area contributed by atoms with Gasteiger partial charge in [0, 0.05) is 18.5 Å². The average molecular weight is 693 g/mol. The van der Waals surface area contributed by atoms with Crippen LogP contribution in [0.15, 0.2) is 66.7 Å². The van der Waals surface area contributed by atoms with Gasteiger partial charge in [0.2, 0.25) is 21.8 Å². The van der Waals surface area contributed by atoms with Crippen molar-refractivity contribution in [2.45, 2.75) is 51.5 Å². The van der Waals surface area contributed by atoms with Crippen molar-refractivity contribution in [3.05, 3.63) is 98.5 Å². The molecule has 0 fully saturated rings. The molecule has 0 aromatic heterocycles. The molecule has 0 aliphatic carbocycles. The Morgan fingerprint density at radius 2 is 1.48 bits per heavy atom. The quantitative estimate of drug-likeness (QED) is 0.248. The van der Waals surface area contributed by atoms with Gasteiger partial charge < -0.3 is 10.2 Å². The highest BCUT2D eigenvalue weighted by Gasteiger charge is 2.37. The predicted octanol–water partition coefficient (Wildman–Crippen LogP) is 6.99. The molecular weight excluding hydrogens is 662 g/mol. The van der Waals surface area contributed by atoms with Crippen LogP contribution >= 0.6 is 34.8 Å². The SMILES string of the molecule is CC(C)(C)NC(=O)[C@H](Cc1ccccc1)N(Cc1ccc(Cl)c(Cl)c1)C(=O)CN(c1ccc(Cl)c(C(F)(F)F)c1)S(C)(=O)=O. The fourth-order valence-electron chi connectivity index (χ4n) is 4.34. The molecule has 238 valence electrons. The highest BCUT2D eigenvalue weighted by atomic mass is 35.5. The number of nitrogens with one attached hydrogen (secondary N) is 1. The minimum absolute atomic E-state index is 0.0495.